The molecule has 3 N–H and O–H groups in total. The molecule has 3 nitrogen and oxygen atoms in total. The van der Waals surface area contributed by atoms with Gasteiger partial charge in [-0.3, -0.25) is 5.41 Å². The van der Waals surface area contributed by atoms with Gasteiger partial charge in [0.2, 0.25) is 0 Å². The van der Waals surface area contributed by atoms with Gasteiger partial charge in [0.15, 0.2) is 0 Å². The molecule has 5 heteroatoms. The number of ether oxygens (including phenoxy) is 1. The van der Waals surface area contributed by atoms with Crippen molar-refractivity contribution in [1.82, 2.24) is 0 Å². The van der Waals surface area contributed by atoms with Crippen LogP contribution < -0.4 is 10.5 Å². The van der Waals surface area contributed by atoms with E-state index in [-0.39, 0.29) is 12.4 Å². The molecule has 0 aliphatic carbocycles. The van der Waals surface area contributed by atoms with Crippen molar-refractivity contribution in [1.29, 1.82) is 5.41 Å². The van der Waals surface area contributed by atoms with E-state index in [2.05, 4.69) is 0 Å². The maximum Gasteiger partial charge on any atom is 0.130 e. The van der Waals surface area contributed by atoms with Crippen LogP contribution in [0.3, 0.4) is 0 Å². The SMILES string of the molecule is N=C(N)c1ccc(COc2cccc(Cl)c2)c(F)c1. The van der Waals surface area contributed by atoms with Gasteiger partial charge in [-0.05, 0) is 24.3 Å². The molecule has 2 aromatic carbocycles. The lowest BCUT2D eigenvalue weighted by Crippen LogP contribution is -2.12. The van der Waals surface area contributed by atoms with Gasteiger partial charge in [0.05, 0.1) is 0 Å². The highest BCUT2D eigenvalue weighted by Gasteiger charge is 2.06. The second-order valence-electron chi connectivity index (χ2n) is 3.97. The van der Waals surface area contributed by atoms with Gasteiger partial charge in [-0.25, -0.2) is 4.39 Å². The second kappa shape index (κ2) is 5.71. The van der Waals surface area contributed by atoms with Crippen molar-refractivity contribution in [2.45, 2.75) is 6.61 Å². The summed E-state index contributed by atoms with van der Waals surface area (Å²) < 4.78 is 19.2. The normalized spacial score (nSPS) is 10.2. The minimum absolute atomic E-state index is 0.0877. The summed E-state index contributed by atoms with van der Waals surface area (Å²) in [6.07, 6.45) is 0. The molecule has 0 heterocycles. The number of nitrogens with two attached hydrogens (primary N) is 1. The van der Waals surface area contributed by atoms with Crippen LogP contribution in [0, 0.1) is 11.2 Å². The average Bonchev–Trinajstić information content (AvgIpc) is 2.37. The molecule has 0 radical (unpaired) electrons. The van der Waals surface area contributed by atoms with Gasteiger partial charge in [0.1, 0.15) is 24.0 Å². The number of hydrogen-bond donors (Lipinski definition) is 2. The number of benzene rings is 2. The number of halogens is 2. The molecular formula is C14H12ClFN2O. The lowest BCUT2D eigenvalue weighted by molar-refractivity contribution is 0.300. The Labute approximate surface area is 115 Å². The van der Waals surface area contributed by atoms with Crippen LogP contribution in [-0.4, -0.2) is 5.84 Å². The minimum atomic E-state index is -0.449. The molecule has 0 saturated carbocycles. The number of nitrogens with one attached hydrogen (secondary N) is 1. The third-order valence-corrected chi connectivity index (χ3v) is 2.79. The smallest absolute Gasteiger partial charge is 0.130 e. The van der Waals surface area contributed by atoms with Gasteiger partial charge in [-0.1, -0.05) is 29.8 Å². The van der Waals surface area contributed by atoms with Gasteiger partial charge < -0.3 is 10.5 Å². The lowest BCUT2D eigenvalue weighted by Gasteiger charge is -2.08. The van der Waals surface area contributed by atoms with E-state index < -0.39 is 5.82 Å². The number of nitrogen functional groups attached to an aromatic ring is 1. The minimum Gasteiger partial charge on any atom is -0.489 e. The Bertz CT molecular complexity index is 616. The van der Waals surface area contributed by atoms with E-state index in [1.807, 2.05) is 0 Å². The summed E-state index contributed by atoms with van der Waals surface area (Å²) in [6, 6.07) is 11.2. The van der Waals surface area contributed by atoms with Crippen molar-refractivity contribution in [2.75, 3.05) is 0 Å². The van der Waals surface area contributed by atoms with Gasteiger partial charge in [-0.15, -0.1) is 0 Å². The zero-order chi connectivity index (χ0) is 13.8. The highest BCUT2D eigenvalue weighted by Crippen LogP contribution is 2.19. The summed E-state index contributed by atoms with van der Waals surface area (Å²) in [5.74, 6) is -0.0431. The molecule has 98 valence electrons. The molecule has 0 fully saturated rings. The van der Waals surface area contributed by atoms with Crippen LogP contribution in [0.2, 0.25) is 5.02 Å². The van der Waals surface area contributed by atoms with Crippen molar-refractivity contribution < 1.29 is 9.13 Å². The topological polar surface area (TPSA) is 59.1 Å². The maximum atomic E-state index is 13.7. The second-order valence-corrected chi connectivity index (χ2v) is 4.40. The number of rotatable bonds is 4. The zero-order valence-corrected chi connectivity index (χ0v) is 10.7. The van der Waals surface area contributed by atoms with E-state index in [0.29, 0.717) is 21.9 Å². The van der Waals surface area contributed by atoms with Crippen LogP contribution in [0.4, 0.5) is 4.39 Å². The molecule has 2 rings (SSSR count). The van der Waals surface area contributed by atoms with Crippen LogP contribution in [0.15, 0.2) is 42.5 Å². The van der Waals surface area contributed by atoms with E-state index in [0.717, 1.165) is 0 Å². The zero-order valence-electron chi connectivity index (χ0n) is 9.99. The molecule has 0 amide bonds. The molecule has 0 spiro atoms. The van der Waals surface area contributed by atoms with Crippen molar-refractivity contribution in [3.05, 3.63) is 64.4 Å². The lowest BCUT2D eigenvalue weighted by atomic mass is 10.1. The summed E-state index contributed by atoms with van der Waals surface area (Å²) in [4.78, 5) is 0. The monoisotopic (exact) mass is 278 g/mol. The van der Waals surface area contributed by atoms with Crippen LogP contribution >= 0.6 is 11.6 Å². The van der Waals surface area contributed by atoms with Crippen LogP contribution in [0.1, 0.15) is 11.1 Å². The van der Waals surface area contributed by atoms with E-state index in [1.165, 1.54) is 6.07 Å². The van der Waals surface area contributed by atoms with E-state index in [4.69, 9.17) is 27.5 Å². The fraction of sp³-hybridized carbons (Fsp3) is 0.0714. The summed E-state index contributed by atoms with van der Waals surface area (Å²) in [5.41, 5.74) is 6.03. The molecule has 0 aromatic heterocycles. The van der Waals surface area contributed by atoms with Gasteiger partial charge in [-0.2, -0.15) is 0 Å². The third kappa shape index (κ3) is 3.45. The van der Waals surface area contributed by atoms with E-state index in [9.17, 15) is 4.39 Å². The Morgan fingerprint density at radius 3 is 2.68 bits per heavy atom. The summed E-state index contributed by atoms with van der Waals surface area (Å²) >= 11 is 5.82. The Hall–Kier alpha value is -2.07. The molecule has 0 aliphatic rings. The van der Waals surface area contributed by atoms with Crippen LogP contribution in [0.5, 0.6) is 5.75 Å². The van der Waals surface area contributed by atoms with Crippen LogP contribution in [0.25, 0.3) is 0 Å². The molecule has 19 heavy (non-hydrogen) atoms. The molecule has 0 aliphatic heterocycles. The van der Waals surface area contributed by atoms with Gasteiger partial charge in [0, 0.05) is 16.1 Å². The summed E-state index contributed by atoms with van der Waals surface area (Å²) in [5, 5.41) is 7.79. The Kier molecular flexibility index (Phi) is 4.02. The molecule has 2 aromatic rings. The van der Waals surface area contributed by atoms with E-state index >= 15 is 0 Å². The number of amidine groups is 1. The summed E-state index contributed by atoms with van der Waals surface area (Å²) in [6.45, 7) is 0.0877. The van der Waals surface area contributed by atoms with E-state index in [1.54, 1.807) is 36.4 Å². The average molecular weight is 279 g/mol. The predicted molar refractivity (Wildman–Crippen MR) is 73.2 cm³/mol. The van der Waals surface area contributed by atoms with Gasteiger partial charge >= 0.3 is 0 Å². The molecule has 0 bridgehead atoms. The fourth-order valence-corrected chi connectivity index (χ4v) is 1.73. The predicted octanol–water partition coefficient (Wildman–Crippen LogP) is 3.34. The van der Waals surface area contributed by atoms with Crippen molar-refractivity contribution in [3.63, 3.8) is 0 Å². The van der Waals surface area contributed by atoms with Crippen LogP contribution in [-0.2, 0) is 6.61 Å². The molecule has 0 saturated heterocycles. The molecular weight excluding hydrogens is 267 g/mol. The first-order valence-electron chi connectivity index (χ1n) is 5.57. The Morgan fingerprint density at radius 2 is 2.05 bits per heavy atom. The standard InChI is InChI=1S/C14H12ClFN2O/c15-11-2-1-3-12(7-11)19-8-10-5-4-9(14(17)18)6-13(10)16/h1-7H,8H2,(H3,17,18). The highest BCUT2D eigenvalue weighted by atomic mass is 35.5. The first-order valence-corrected chi connectivity index (χ1v) is 5.95. The van der Waals surface area contributed by atoms with Crippen molar-refractivity contribution in [2.24, 2.45) is 5.73 Å². The highest BCUT2D eigenvalue weighted by molar-refractivity contribution is 6.30. The quantitative estimate of drug-likeness (QED) is 0.666. The Morgan fingerprint density at radius 1 is 1.26 bits per heavy atom. The fourth-order valence-electron chi connectivity index (χ4n) is 1.55. The maximum absolute atomic E-state index is 13.7. The summed E-state index contributed by atoms with van der Waals surface area (Å²) in [7, 11) is 0. The first kappa shape index (κ1) is 13.4. The van der Waals surface area contributed by atoms with Gasteiger partial charge in [0.25, 0.3) is 0 Å². The molecule has 0 unspecified atom stereocenters. The van der Waals surface area contributed by atoms with Crippen molar-refractivity contribution in [3.8, 4) is 5.75 Å². The first-order chi connectivity index (χ1) is 9.06. The third-order valence-electron chi connectivity index (χ3n) is 2.55. The Balaban J connectivity index is 2.10. The van der Waals surface area contributed by atoms with Crippen molar-refractivity contribution >= 4 is 17.4 Å². The molecule has 0 atom stereocenters. The largest absolute Gasteiger partial charge is 0.489 e. The number of hydrogen-bond acceptors (Lipinski definition) is 2.